The monoisotopic (exact) mass is 324 g/mol. The van der Waals surface area contributed by atoms with Crippen molar-refractivity contribution in [2.24, 2.45) is 5.11 Å². The summed E-state index contributed by atoms with van der Waals surface area (Å²) in [7, 11) is 0. The molecule has 1 unspecified atom stereocenters. The van der Waals surface area contributed by atoms with Gasteiger partial charge in [0.1, 0.15) is 17.4 Å². The topological polar surface area (TPSA) is 102 Å². The standard InChI is InChI=1S/C13H17ClN6O2/c14-11-2-1-9-12(18-11)20(8-3-5-22-6-4-8)10(7-16-19-15)13(21)17-9/h1-2,8,10-11,18H,3-7H2,(H,17,21)/t10-,11?/m1/s1. The third-order valence-corrected chi connectivity index (χ3v) is 4.27. The predicted octanol–water partition coefficient (Wildman–Crippen LogP) is 1.17. The summed E-state index contributed by atoms with van der Waals surface area (Å²) in [5, 5.41) is 9.62. The van der Waals surface area contributed by atoms with Crippen LogP contribution < -0.4 is 10.6 Å². The Morgan fingerprint density at radius 1 is 1.50 bits per heavy atom. The molecule has 0 bridgehead atoms. The van der Waals surface area contributed by atoms with Crippen LogP contribution in [-0.4, -0.2) is 48.2 Å². The van der Waals surface area contributed by atoms with E-state index in [1.54, 1.807) is 12.2 Å². The Hall–Kier alpha value is -1.89. The van der Waals surface area contributed by atoms with Gasteiger partial charge in [-0.05, 0) is 30.5 Å². The van der Waals surface area contributed by atoms with Gasteiger partial charge in [-0.15, -0.1) is 0 Å². The number of nitrogens with one attached hydrogen (secondary N) is 2. The van der Waals surface area contributed by atoms with Crippen molar-refractivity contribution >= 4 is 17.5 Å². The number of allylic oxidation sites excluding steroid dienone is 1. The fraction of sp³-hybridized carbons (Fsp3) is 0.615. The summed E-state index contributed by atoms with van der Waals surface area (Å²) >= 11 is 6.15. The van der Waals surface area contributed by atoms with Crippen LogP contribution in [0.5, 0.6) is 0 Å². The van der Waals surface area contributed by atoms with Crippen molar-refractivity contribution in [3.05, 3.63) is 34.1 Å². The second kappa shape index (κ2) is 6.48. The van der Waals surface area contributed by atoms with Crippen LogP contribution in [0.4, 0.5) is 0 Å². The Kier molecular flexibility index (Phi) is 4.42. The molecule has 1 amide bonds. The van der Waals surface area contributed by atoms with Crippen LogP contribution in [0, 0.1) is 0 Å². The second-order valence-electron chi connectivity index (χ2n) is 5.34. The number of hydrogen-bond acceptors (Lipinski definition) is 5. The van der Waals surface area contributed by atoms with Crippen molar-refractivity contribution in [1.82, 2.24) is 15.5 Å². The number of alkyl halides is 1. The number of halogens is 1. The van der Waals surface area contributed by atoms with Crippen molar-refractivity contribution < 1.29 is 9.53 Å². The number of ether oxygens (including phenoxy) is 1. The molecule has 22 heavy (non-hydrogen) atoms. The number of azide groups is 1. The summed E-state index contributed by atoms with van der Waals surface area (Å²) < 4.78 is 5.41. The Labute approximate surface area is 132 Å². The number of nitrogens with zero attached hydrogens (tertiary/aromatic N) is 4. The molecule has 0 aliphatic carbocycles. The van der Waals surface area contributed by atoms with Gasteiger partial charge in [0.25, 0.3) is 0 Å². The first-order valence-electron chi connectivity index (χ1n) is 7.21. The van der Waals surface area contributed by atoms with Crippen molar-refractivity contribution in [2.45, 2.75) is 30.4 Å². The van der Waals surface area contributed by atoms with Crippen molar-refractivity contribution in [3.63, 3.8) is 0 Å². The van der Waals surface area contributed by atoms with Gasteiger partial charge in [0, 0.05) is 24.2 Å². The molecular weight excluding hydrogens is 308 g/mol. The van der Waals surface area contributed by atoms with Gasteiger partial charge in [-0.2, -0.15) is 0 Å². The quantitative estimate of drug-likeness (QED) is 0.267. The highest BCUT2D eigenvalue weighted by atomic mass is 35.5. The molecule has 2 atom stereocenters. The lowest BCUT2D eigenvalue weighted by Gasteiger charge is -2.46. The van der Waals surface area contributed by atoms with E-state index in [0.29, 0.717) is 18.9 Å². The van der Waals surface area contributed by atoms with Crippen LogP contribution >= 0.6 is 11.6 Å². The third kappa shape index (κ3) is 2.85. The van der Waals surface area contributed by atoms with Gasteiger partial charge in [0.2, 0.25) is 5.91 Å². The number of dihydropyridines is 1. The summed E-state index contributed by atoms with van der Waals surface area (Å²) in [5.41, 5.74) is 8.95. The van der Waals surface area contributed by atoms with Gasteiger partial charge in [-0.25, -0.2) is 0 Å². The molecule has 0 aromatic rings. The molecule has 8 nitrogen and oxygen atoms in total. The predicted molar refractivity (Wildman–Crippen MR) is 80.6 cm³/mol. The van der Waals surface area contributed by atoms with Crippen LogP contribution in [0.25, 0.3) is 10.4 Å². The van der Waals surface area contributed by atoms with E-state index in [-0.39, 0.29) is 24.0 Å². The molecule has 118 valence electrons. The zero-order valence-corrected chi connectivity index (χ0v) is 12.7. The van der Waals surface area contributed by atoms with Crippen LogP contribution in [0.3, 0.4) is 0 Å². The number of amides is 1. The highest BCUT2D eigenvalue weighted by molar-refractivity contribution is 6.21. The molecule has 3 aliphatic rings. The van der Waals surface area contributed by atoms with Crippen molar-refractivity contribution in [1.29, 1.82) is 0 Å². The first-order valence-corrected chi connectivity index (χ1v) is 7.65. The number of rotatable bonds is 3. The normalized spacial score (nSPS) is 28.6. The highest BCUT2D eigenvalue weighted by Crippen LogP contribution is 2.28. The molecule has 0 aromatic heterocycles. The first kappa shape index (κ1) is 15.0. The van der Waals surface area contributed by atoms with E-state index in [9.17, 15) is 4.79 Å². The summed E-state index contributed by atoms with van der Waals surface area (Å²) in [4.78, 5) is 17.2. The van der Waals surface area contributed by atoms with Gasteiger partial charge < -0.3 is 20.3 Å². The van der Waals surface area contributed by atoms with Gasteiger partial charge in [-0.1, -0.05) is 16.7 Å². The zero-order chi connectivity index (χ0) is 15.5. The summed E-state index contributed by atoms with van der Waals surface area (Å²) in [6, 6.07) is -0.396. The molecule has 0 spiro atoms. The molecule has 0 saturated carbocycles. The fourth-order valence-electron chi connectivity index (χ4n) is 3.01. The molecule has 3 heterocycles. The second-order valence-corrected chi connectivity index (χ2v) is 5.81. The van der Waals surface area contributed by atoms with E-state index >= 15 is 0 Å². The summed E-state index contributed by atoms with van der Waals surface area (Å²) in [6.07, 6.45) is 5.21. The lowest BCUT2D eigenvalue weighted by atomic mass is 10.0. The largest absolute Gasteiger partial charge is 0.381 e. The minimum absolute atomic E-state index is 0.0782. The van der Waals surface area contributed by atoms with Crippen LogP contribution in [0.2, 0.25) is 0 Å². The van der Waals surface area contributed by atoms with E-state index in [1.807, 2.05) is 4.90 Å². The van der Waals surface area contributed by atoms with Gasteiger partial charge >= 0.3 is 0 Å². The average Bonchev–Trinajstić information content (AvgIpc) is 2.54. The van der Waals surface area contributed by atoms with E-state index in [2.05, 4.69) is 20.7 Å². The lowest BCUT2D eigenvalue weighted by Crippen LogP contribution is -2.60. The lowest BCUT2D eigenvalue weighted by molar-refractivity contribution is -0.127. The zero-order valence-electron chi connectivity index (χ0n) is 11.9. The molecule has 3 rings (SSSR count). The SMILES string of the molecule is [N-]=[N+]=NC[C@@H]1C(=O)NC2=C(NC(Cl)C=C2)N1C1CCOCC1. The third-order valence-electron chi connectivity index (χ3n) is 4.02. The first-order chi connectivity index (χ1) is 10.7. The Balaban J connectivity index is 1.95. The maximum Gasteiger partial charge on any atom is 0.247 e. The molecule has 0 radical (unpaired) electrons. The smallest absolute Gasteiger partial charge is 0.247 e. The molecule has 1 saturated heterocycles. The highest BCUT2D eigenvalue weighted by Gasteiger charge is 2.39. The molecule has 9 heteroatoms. The number of carbonyl (C=O) groups excluding carboxylic acids is 1. The number of hydrogen-bond donors (Lipinski definition) is 2. The minimum atomic E-state index is -0.541. The van der Waals surface area contributed by atoms with Crippen LogP contribution in [-0.2, 0) is 9.53 Å². The molecule has 3 aliphatic heterocycles. The Morgan fingerprint density at radius 3 is 3.00 bits per heavy atom. The summed E-state index contributed by atoms with van der Waals surface area (Å²) in [6.45, 7) is 1.38. The minimum Gasteiger partial charge on any atom is -0.381 e. The van der Waals surface area contributed by atoms with Crippen molar-refractivity contribution in [3.8, 4) is 0 Å². The van der Waals surface area contributed by atoms with Crippen LogP contribution in [0.15, 0.2) is 28.8 Å². The van der Waals surface area contributed by atoms with E-state index in [1.165, 1.54) is 0 Å². The number of carbonyl (C=O) groups is 1. The maximum absolute atomic E-state index is 12.4. The average molecular weight is 325 g/mol. The van der Waals surface area contributed by atoms with E-state index in [4.69, 9.17) is 21.9 Å². The molecular formula is C13H17ClN6O2. The van der Waals surface area contributed by atoms with Gasteiger partial charge in [0.15, 0.2) is 0 Å². The summed E-state index contributed by atoms with van der Waals surface area (Å²) in [5.74, 6) is 0.615. The molecule has 2 N–H and O–H groups in total. The Morgan fingerprint density at radius 2 is 2.27 bits per heavy atom. The Bertz CT molecular complexity index is 565. The van der Waals surface area contributed by atoms with Crippen molar-refractivity contribution in [2.75, 3.05) is 19.8 Å². The van der Waals surface area contributed by atoms with E-state index in [0.717, 1.165) is 18.7 Å². The van der Waals surface area contributed by atoms with Crippen LogP contribution in [0.1, 0.15) is 12.8 Å². The van der Waals surface area contributed by atoms with Gasteiger partial charge in [0.05, 0.1) is 12.2 Å². The fourth-order valence-corrected chi connectivity index (χ4v) is 3.19. The molecule has 0 aromatic carbocycles. The van der Waals surface area contributed by atoms with Gasteiger partial charge in [-0.3, -0.25) is 4.79 Å². The molecule has 1 fully saturated rings. The van der Waals surface area contributed by atoms with E-state index < -0.39 is 6.04 Å². The maximum atomic E-state index is 12.4.